The van der Waals surface area contributed by atoms with Gasteiger partial charge in [-0.25, -0.2) is 0 Å². The van der Waals surface area contributed by atoms with Crippen molar-refractivity contribution in [2.75, 3.05) is 20.3 Å². The summed E-state index contributed by atoms with van der Waals surface area (Å²) in [6.07, 6.45) is 3.00. The van der Waals surface area contributed by atoms with E-state index in [0.717, 1.165) is 30.7 Å². The fraction of sp³-hybridized carbons (Fsp3) is 0.533. The average Bonchev–Trinajstić information content (AvgIpc) is 2.94. The van der Waals surface area contributed by atoms with Gasteiger partial charge in [0.15, 0.2) is 0 Å². The molecule has 1 aliphatic rings. The molecule has 1 saturated heterocycles. The van der Waals surface area contributed by atoms with Crippen LogP contribution in [0.3, 0.4) is 0 Å². The standard InChI is InChI=1S/C15H21NO3/c1-19-13-6-2-5-12(11-13)14-7-3-9-16(14)15(18)8-4-10-17/h2,5-6,11,14,17H,3-4,7-10H2,1H3. The zero-order valence-electron chi connectivity index (χ0n) is 11.3. The van der Waals surface area contributed by atoms with Crippen molar-refractivity contribution in [3.8, 4) is 5.75 Å². The first kappa shape index (κ1) is 13.9. The quantitative estimate of drug-likeness (QED) is 0.885. The Morgan fingerprint density at radius 3 is 3.11 bits per heavy atom. The van der Waals surface area contributed by atoms with Crippen molar-refractivity contribution < 1.29 is 14.6 Å². The van der Waals surface area contributed by atoms with Crippen molar-refractivity contribution in [3.63, 3.8) is 0 Å². The van der Waals surface area contributed by atoms with Crippen LogP contribution in [-0.2, 0) is 4.79 Å². The molecule has 4 nitrogen and oxygen atoms in total. The van der Waals surface area contributed by atoms with Crippen LogP contribution < -0.4 is 4.74 Å². The predicted octanol–water partition coefficient (Wildman–Crippen LogP) is 2.13. The van der Waals surface area contributed by atoms with Crippen LogP contribution in [0.1, 0.15) is 37.3 Å². The molecule has 0 radical (unpaired) electrons. The Kier molecular flexibility index (Phi) is 4.80. The summed E-state index contributed by atoms with van der Waals surface area (Å²) >= 11 is 0. The van der Waals surface area contributed by atoms with E-state index in [1.54, 1.807) is 7.11 Å². The Morgan fingerprint density at radius 1 is 1.53 bits per heavy atom. The van der Waals surface area contributed by atoms with Crippen LogP contribution in [0.25, 0.3) is 0 Å². The van der Waals surface area contributed by atoms with Gasteiger partial charge in [-0.05, 0) is 37.0 Å². The first-order valence-corrected chi connectivity index (χ1v) is 6.80. The molecule has 0 spiro atoms. The van der Waals surface area contributed by atoms with Gasteiger partial charge in [0, 0.05) is 19.6 Å². The summed E-state index contributed by atoms with van der Waals surface area (Å²) < 4.78 is 5.24. The van der Waals surface area contributed by atoms with Crippen molar-refractivity contribution in [1.82, 2.24) is 4.90 Å². The van der Waals surface area contributed by atoms with Gasteiger partial charge in [0.25, 0.3) is 0 Å². The first-order chi connectivity index (χ1) is 9.26. The zero-order valence-corrected chi connectivity index (χ0v) is 11.3. The second-order valence-corrected chi connectivity index (χ2v) is 4.85. The van der Waals surface area contributed by atoms with E-state index in [9.17, 15) is 4.79 Å². The Labute approximate surface area is 114 Å². The molecule has 1 N–H and O–H groups in total. The third-order valence-corrected chi connectivity index (χ3v) is 3.60. The summed E-state index contributed by atoms with van der Waals surface area (Å²) in [5, 5.41) is 8.82. The fourth-order valence-electron chi connectivity index (χ4n) is 2.63. The monoisotopic (exact) mass is 263 g/mol. The van der Waals surface area contributed by atoms with Crippen LogP contribution in [0.2, 0.25) is 0 Å². The number of aliphatic hydroxyl groups excluding tert-OH is 1. The van der Waals surface area contributed by atoms with Gasteiger partial charge in [-0.2, -0.15) is 0 Å². The molecule has 0 saturated carbocycles. The zero-order chi connectivity index (χ0) is 13.7. The van der Waals surface area contributed by atoms with Crippen molar-refractivity contribution >= 4 is 5.91 Å². The van der Waals surface area contributed by atoms with E-state index < -0.39 is 0 Å². The number of rotatable bonds is 5. The molecule has 2 rings (SSSR count). The molecule has 4 heteroatoms. The number of carbonyl (C=O) groups is 1. The number of carbonyl (C=O) groups excluding carboxylic acids is 1. The molecule has 1 aliphatic heterocycles. The van der Waals surface area contributed by atoms with Crippen LogP contribution >= 0.6 is 0 Å². The number of amides is 1. The van der Waals surface area contributed by atoms with Crippen molar-refractivity contribution in [2.45, 2.75) is 31.7 Å². The maximum Gasteiger partial charge on any atom is 0.223 e. The Bertz CT molecular complexity index is 433. The highest BCUT2D eigenvalue weighted by atomic mass is 16.5. The van der Waals surface area contributed by atoms with Crippen LogP contribution in [0.5, 0.6) is 5.75 Å². The number of nitrogens with zero attached hydrogens (tertiary/aromatic N) is 1. The molecular formula is C15H21NO3. The number of ether oxygens (including phenoxy) is 1. The van der Waals surface area contributed by atoms with E-state index in [4.69, 9.17) is 9.84 Å². The van der Waals surface area contributed by atoms with E-state index in [2.05, 4.69) is 0 Å². The van der Waals surface area contributed by atoms with E-state index in [1.165, 1.54) is 0 Å². The van der Waals surface area contributed by atoms with Crippen LogP contribution in [0.4, 0.5) is 0 Å². The third-order valence-electron chi connectivity index (χ3n) is 3.60. The SMILES string of the molecule is COc1cccc(C2CCCN2C(=O)CCCO)c1. The first-order valence-electron chi connectivity index (χ1n) is 6.80. The van der Waals surface area contributed by atoms with Crippen LogP contribution in [0.15, 0.2) is 24.3 Å². The average molecular weight is 263 g/mol. The van der Waals surface area contributed by atoms with Crippen molar-refractivity contribution in [3.05, 3.63) is 29.8 Å². The summed E-state index contributed by atoms with van der Waals surface area (Å²) in [7, 11) is 1.65. The minimum absolute atomic E-state index is 0.0728. The van der Waals surface area contributed by atoms with E-state index in [-0.39, 0.29) is 18.6 Å². The lowest BCUT2D eigenvalue weighted by Gasteiger charge is -2.25. The maximum atomic E-state index is 12.1. The van der Waals surface area contributed by atoms with Crippen molar-refractivity contribution in [2.24, 2.45) is 0 Å². The van der Waals surface area contributed by atoms with E-state index >= 15 is 0 Å². The molecule has 1 atom stereocenters. The molecule has 1 fully saturated rings. The molecule has 0 aromatic heterocycles. The molecule has 0 bridgehead atoms. The third kappa shape index (κ3) is 3.26. The highest BCUT2D eigenvalue weighted by Crippen LogP contribution is 2.33. The molecule has 0 aliphatic carbocycles. The topological polar surface area (TPSA) is 49.8 Å². The molecule has 1 aromatic rings. The largest absolute Gasteiger partial charge is 0.497 e. The molecule has 1 unspecified atom stereocenters. The number of benzene rings is 1. The molecule has 1 amide bonds. The van der Waals surface area contributed by atoms with Crippen molar-refractivity contribution in [1.29, 1.82) is 0 Å². The second kappa shape index (κ2) is 6.57. The number of methoxy groups -OCH3 is 1. The van der Waals surface area contributed by atoms with Gasteiger partial charge in [-0.1, -0.05) is 12.1 Å². The van der Waals surface area contributed by atoms with Crippen LogP contribution in [-0.4, -0.2) is 36.2 Å². The predicted molar refractivity (Wildman–Crippen MR) is 73.0 cm³/mol. The fourth-order valence-corrected chi connectivity index (χ4v) is 2.63. The Balaban J connectivity index is 2.11. The Hall–Kier alpha value is -1.55. The number of likely N-dealkylation sites (tertiary alicyclic amines) is 1. The summed E-state index contributed by atoms with van der Waals surface area (Å²) in [6.45, 7) is 0.884. The summed E-state index contributed by atoms with van der Waals surface area (Å²) in [4.78, 5) is 14.1. The number of hydrogen-bond donors (Lipinski definition) is 1. The molecular weight excluding hydrogens is 242 g/mol. The van der Waals surface area contributed by atoms with Crippen LogP contribution in [0, 0.1) is 0 Å². The molecule has 19 heavy (non-hydrogen) atoms. The summed E-state index contributed by atoms with van der Waals surface area (Å²) in [5.41, 5.74) is 1.13. The van der Waals surface area contributed by atoms with E-state index in [0.29, 0.717) is 12.8 Å². The minimum atomic E-state index is 0.0728. The van der Waals surface area contributed by atoms with Gasteiger partial charge < -0.3 is 14.7 Å². The Morgan fingerprint density at radius 2 is 2.37 bits per heavy atom. The van der Waals surface area contributed by atoms with Gasteiger partial charge >= 0.3 is 0 Å². The highest BCUT2D eigenvalue weighted by molar-refractivity contribution is 5.77. The van der Waals surface area contributed by atoms with Gasteiger partial charge in [0.1, 0.15) is 5.75 Å². The summed E-state index contributed by atoms with van der Waals surface area (Å²) in [6, 6.07) is 8.08. The molecule has 1 aromatic carbocycles. The maximum absolute atomic E-state index is 12.1. The number of aliphatic hydroxyl groups is 1. The minimum Gasteiger partial charge on any atom is -0.497 e. The molecule has 1 heterocycles. The lowest BCUT2D eigenvalue weighted by molar-refractivity contribution is -0.132. The van der Waals surface area contributed by atoms with Gasteiger partial charge in [-0.15, -0.1) is 0 Å². The molecule has 104 valence electrons. The highest BCUT2D eigenvalue weighted by Gasteiger charge is 2.29. The second-order valence-electron chi connectivity index (χ2n) is 4.85. The van der Waals surface area contributed by atoms with E-state index in [1.807, 2.05) is 29.2 Å². The number of hydrogen-bond acceptors (Lipinski definition) is 3. The van der Waals surface area contributed by atoms with Gasteiger partial charge in [-0.3, -0.25) is 4.79 Å². The lowest BCUT2D eigenvalue weighted by Crippen LogP contribution is -2.30. The lowest BCUT2D eigenvalue weighted by atomic mass is 10.0. The van der Waals surface area contributed by atoms with Gasteiger partial charge in [0.2, 0.25) is 5.91 Å². The summed E-state index contributed by atoms with van der Waals surface area (Å²) in [5.74, 6) is 0.964. The van der Waals surface area contributed by atoms with Gasteiger partial charge in [0.05, 0.1) is 13.2 Å². The normalized spacial score (nSPS) is 18.6. The smallest absolute Gasteiger partial charge is 0.223 e.